The van der Waals surface area contributed by atoms with Gasteiger partial charge in [-0.3, -0.25) is 0 Å². The van der Waals surface area contributed by atoms with Crippen molar-refractivity contribution in [2.45, 2.75) is 11.6 Å². The van der Waals surface area contributed by atoms with E-state index in [9.17, 15) is 24.3 Å². The molecule has 0 aliphatic rings. The molecule has 1 radical (unpaired) electrons. The molecular formula is C23H16AsFN5O3. The summed E-state index contributed by atoms with van der Waals surface area (Å²) in [7, 11) is 0. The van der Waals surface area contributed by atoms with Crippen LogP contribution in [0.3, 0.4) is 0 Å². The van der Waals surface area contributed by atoms with E-state index in [1.54, 1.807) is 37.3 Å². The van der Waals surface area contributed by atoms with Crippen molar-refractivity contribution in [1.29, 1.82) is 5.26 Å². The number of carboxylic acids is 1. The number of nitrogen functional groups attached to an aromatic ring is 1. The summed E-state index contributed by atoms with van der Waals surface area (Å²) in [6.45, 7) is 1.78. The third-order valence-electron chi connectivity index (χ3n) is 5.12. The molecule has 4 aromatic rings. The average Bonchev–Trinajstić information content (AvgIpc) is 2.79. The average molecular weight is 504 g/mol. The quantitative estimate of drug-likeness (QED) is 0.398. The topological polar surface area (TPSA) is 134 Å². The van der Waals surface area contributed by atoms with Crippen LogP contribution in [0.5, 0.6) is 0 Å². The van der Waals surface area contributed by atoms with Gasteiger partial charge in [-0.2, -0.15) is 0 Å². The van der Waals surface area contributed by atoms with Gasteiger partial charge in [-0.15, -0.1) is 0 Å². The number of benzene rings is 1. The summed E-state index contributed by atoms with van der Waals surface area (Å²) >= 11 is -0.940. The second-order valence-corrected chi connectivity index (χ2v) is 10.2. The third kappa shape index (κ3) is 3.97. The first-order chi connectivity index (χ1) is 15.8. The van der Waals surface area contributed by atoms with Crippen molar-refractivity contribution in [3.05, 3.63) is 87.9 Å². The van der Waals surface area contributed by atoms with Crippen LogP contribution < -0.4 is 15.8 Å². The fraction of sp³-hybridized carbons (Fsp3) is 0.0870. The summed E-state index contributed by atoms with van der Waals surface area (Å²) in [5.74, 6) is -1.87. The van der Waals surface area contributed by atoms with Crippen molar-refractivity contribution in [2.24, 2.45) is 0 Å². The molecule has 0 aliphatic heterocycles. The molecule has 33 heavy (non-hydrogen) atoms. The van der Waals surface area contributed by atoms with Crippen LogP contribution in [0.4, 0.5) is 10.2 Å². The Morgan fingerprint density at radius 2 is 1.97 bits per heavy atom. The molecule has 3 heterocycles. The first-order valence-electron chi connectivity index (χ1n) is 9.71. The maximum absolute atomic E-state index is 14.0. The molecule has 0 amide bonds. The zero-order valence-corrected chi connectivity index (χ0v) is 19.1. The number of pyridine rings is 2. The van der Waals surface area contributed by atoms with E-state index in [0.717, 1.165) is 16.7 Å². The maximum atomic E-state index is 14.0. The van der Waals surface area contributed by atoms with E-state index in [-0.39, 0.29) is 28.0 Å². The Kier molecular flexibility index (Phi) is 5.95. The molecule has 0 aliphatic carbocycles. The zero-order valence-electron chi connectivity index (χ0n) is 17.2. The normalized spacial score (nSPS) is 12.2. The van der Waals surface area contributed by atoms with Gasteiger partial charge in [0.2, 0.25) is 0 Å². The third-order valence-corrected chi connectivity index (χ3v) is 7.70. The Balaban J connectivity index is 2.06. The van der Waals surface area contributed by atoms with Crippen molar-refractivity contribution in [3.63, 3.8) is 0 Å². The molecule has 0 bridgehead atoms. The number of aromatic carboxylic acids is 1. The Morgan fingerprint density at radius 1 is 1.24 bits per heavy atom. The van der Waals surface area contributed by atoms with Gasteiger partial charge in [0, 0.05) is 0 Å². The van der Waals surface area contributed by atoms with Crippen LogP contribution in [0.1, 0.15) is 33.1 Å². The summed E-state index contributed by atoms with van der Waals surface area (Å²) in [6, 6.07) is 13.0. The minimum atomic E-state index is -1.25. The monoisotopic (exact) mass is 504 g/mol. The van der Waals surface area contributed by atoms with Crippen LogP contribution in [0.2, 0.25) is 0 Å². The SMILES string of the molecule is CC([As]c1ncnc(N)c1C#N)c1c(-c2ccccc2)c(=O)n2cc(F)ccc2c1C(=O)O. The Labute approximate surface area is 193 Å². The summed E-state index contributed by atoms with van der Waals surface area (Å²) in [5.41, 5.74) is 6.39. The van der Waals surface area contributed by atoms with Gasteiger partial charge in [-0.05, 0) is 0 Å². The number of anilines is 1. The summed E-state index contributed by atoms with van der Waals surface area (Å²) in [6.07, 6.45) is 2.24. The fourth-order valence-corrected chi connectivity index (χ4v) is 6.16. The number of hydrogen-bond donors (Lipinski definition) is 2. The second kappa shape index (κ2) is 8.85. The molecule has 0 saturated heterocycles. The number of carboxylic acid groups (broad SMARTS) is 1. The summed E-state index contributed by atoms with van der Waals surface area (Å²) < 4.78 is 15.0. The van der Waals surface area contributed by atoms with E-state index in [1.165, 1.54) is 12.4 Å². The van der Waals surface area contributed by atoms with Crippen molar-refractivity contribution in [2.75, 3.05) is 5.73 Å². The van der Waals surface area contributed by atoms with Gasteiger partial charge in [0.05, 0.1) is 0 Å². The Morgan fingerprint density at radius 3 is 2.64 bits per heavy atom. The summed E-state index contributed by atoms with van der Waals surface area (Å²) in [4.78, 5) is 34.0. The molecule has 1 unspecified atom stereocenters. The number of carbonyl (C=O) groups is 1. The van der Waals surface area contributed by atoms with Gasteiger partial charge in [-0.25, -0.2) is 0 Å². The predicted octanol–water partition coefficient (Wildman–Crippen LogP) is 2.14. The van der Waals surface area contributed by atoms with Crippen LogP contribution in [-0.4, -0.2) is 41.2 Å². The van der Waals surface area contributed by atoms with E-state index in [2.05, 4.69) is 9.97 Å². The standard InChI is InChI=1S/C23H16AsFN5O3/c1-12(24-20-15(9-26)21(27)29-11-28-20)17-18(13-5-3-2-4-6-13)22(31)30-10-14(25)7-8-16(30)19(17)23(32)33/h2-8,10-12H,1H3,(H,32,33)(H2,27,28,29). The van der Waals surface area contributed by atoms with Crippen molar-refractivity contribution >= 4 is 37.5 Å². The second-order valence-electron chi connectivity index (χ2n) is 7.12. The number of halogens is 1. The van der Waals surface area contributed by atoms with Crippen LogP contribution in [-0.2, 0) is 0 Å². The molecule has 0 fully saturated rings. The number of hydrogen-bond acceptors (Lipinski definition) is 6. The Bertz CT molecular complexity index is 1500. The molecule has 8 nitrogen and oxygen atoms in total. The van der Waals surface area contributed by atoms with Gasteiger partial charge in [0.25, 0.3) is 0 Å². The number of nitrogens with zero attached hydrogens (tertiary/aromatic N) is 4. The van der Waals surface area contributed by atoms with Gasteiger partial charge in [-0.1, -0.05) is 0 Å². The van der Waals surface area contributed by atoms with Gasteiger partial charge >= 0.3 is 194 Å². The van der Waals surface area contributed by atoms with Crippen molar-refractivity contribution in [1.82, 2.24) is 14.4 Å². The zero-order chi connectivity index (χ0) is 23.7. The van der Waals surface area contributed by atoms with E-state index < -0.39 is 37.8 Å². The van der Waals surface area contributed by atoms with Crippen molar-refractivity contribution in [3.8, 4) is 17.2 Å². The van der Waals surface area contributed by atoms with Crippen LogP contribution >= 0.6 is 0 Å². The van der Waals surface area contributed by atoms with E-state index in [0.29, 0.717) is 15.6 Å². The number of nitrogens with two attached hydrogens (primary N) is 1. The molecule has 0 spiro atoms. The van der Waals surface area contributed by atoms with E-state index in [1.807, 2.05) is 6.07 Å². The first kappa shape index (κ1) is 22.2. The van der Waals surface area contributed by atoms with Crippen LogP contribution in [0.15, 0.2) is 59.8 Å². The number of aromatic nitrogens is 3. The van der Waals surface area contributed by atoms with Crippen LogP contribution in [0.25, 0.3) is 16.6 Å². The Hall–Kier alpha value is -4.02. The molecule has 163 valence electrons. The van der Waals surface area contributed by atoms with Gasteiger partial charge < -0.3 is 0 Å². The first-order valence-corrected chi connectivity index (χ1v) is 11.7. The number of nitriles is 1. The fourth-order valence-electron chi connectivity index (χ4n) is 3.71. The minimum absolute atomic E-state index is 0.0424. The molecule has 0 saturated carbocycles. The molecule has 3 aromatic heterocycles. The summed E-state index contributed by atoms with van der Waals surface area (Å²) in [5, 5.41) is 19.7. The predicted molar refractivity (Wildman–Crippen MR) is 121 cm³/mol. The molecule has 3 N–H and O–H groups in total. The molecule has 10 heteroatoms. The molecule has 4 rings (SSSR count). The number of rotatable bonds is 5. The van der Waals surface area contributed by atoms with Crippen molar-refractivity contribution < 1.29 is 14.3 Å². The number of fused-ring (bicyclic) bond motifs is 1. The molecule has 1 atom stereocenters. The van der Waals surface area contributed by atoms with Gasteiger partial charge in [0.1, 0.15) is 0 Å². The van der Waals surface area contributed by atoms with Crippen LogP contribution in [0, 0.1) is 17.1 Å². The molecule has 1 aromatic carbocycles. The van der Waals surface area contributed by atoms with E-state index >= 15 is 0 Å². The molecular weight excluding hydrogens is 488 g/mol. The van der Waals surface area contributed by atoms with E-state index in [4.69, 9.17) is 5.73 Å². The van der Waals surface area contributed by atoms with Gasteiger partial charge in [0.15, 0.2) is 0 Å².